The first-order chi connectivity index (χ1) is 13.8. The zero-order valence-electron chi connectivity index (χ0n) is 16.8. The van der Waals surface area contributed by atoms with Gasteiger partial charge in [0.1, 0.15) is 0 Å². The predicted molar refractivity (Wildman–Crippen MR) is 111 cm³/mol. The van der Waals surface area contributed by atoms with Crippen molar-refractivity contribution in [1.82, 2.24) is 5.32 Å². The molecule has 2 aromatic carbocycles. The maximum Gasteiger partial charge on any atom is 0.338 e. The van der Waals surface area contributed by atoms with Crippen molar-refractivity contribution in [2.75, 3.05) is 24.0 Å². The number of sulfonamides is 1. The van der Waals surface area contributed by atoms with Gasteiger partial charge in [0.2, 0.25) is 0 Å². The topological polar surface area (TPSA) is 92.8 Å². The van der Waals surface area contributed by atoms with E-state index < -0.39 is 28.5 Å². The van der Waals surface area contributed by atoms with Crippen LogP contribution in [0.4, 0.5) is 5.69 Å². The Kier molecular flexibility index (Phi) is 7.78. The SMILES string of the molecule is CCN(c1ccccc1)S(=O)(=O)c1cccc(C(=O)OCC(=O)NCC(C)C)c1. The van der Waals surface area contributed by atoms with Gasteiger partial charge < -0.3 is 10.1 Å². The third-order valence-corrected chi connectivity index (χ3v) is 5.93. The highest BCUT2D eigenvalue weighted by Crippen LogP contribution is 2.24. The highest BCUT2D eigenvalue weighted by molar-refractivity contribution is 7.92. The number of para-hydroxylation sites is 1. The normalized spacial score (nSPS) is 11.2. The molecule has 1 N–H and O–H groups in total. The van der Waals surface area contributed by atoms with E-state index in [4.69, 9.17) is 4.74 Å². The Hall–Kier alpha value is -2.87. The highest BCUT2D eigenvalue weighted by Gasteiger charge is 2.24. The number of esters is 1. The number of carbonyl (C=O) groups is 2. The molecule has 1 amide bonds. The first-order valence-electron chi connectivity index (χ1n) is 9.37. The van der Waals surface area contributed by atoms with E-state index in [2.05, 4.69) is 5.32 Å². The second-order valence-corrected chi connectivity index (χ2v) is 8.67. The third-order valence-electron chi connectivity index (χ3n) is 4.03. The van der Waals surface area contributed by atoms with E-state index in [0.29, 0.717) is 12.2 Å². The number of ether oxygens (including phenoxy) is 1. The quantitative estimate of drug-likeness (QED) is 0.632. The molecule has 2 rings (SSSR count). The van der Waals surface area contributed by atoms with Crippen molar-refractivity contribution >= 4 is 27.6 Å². The highest BCUT2D eigenvalue weighted by atomic mass is 32.2. The Morgan fingerprint density at radius 2 is 1.76 bits per heavy atom. The summed E-state index contributed by atoms with van der Waals surface area (Å²) in [5.41, 5.74) is 0.594. The lowest BCUT2D eigenvalue weighted by Gasteiger charge is -2.23. The van der Waals surface area contributed by atoms with E-state index in [1.165, 1.54) is 28.6 Å². The van der Waals surface area contributed by atoms with Gasteiger partial charge >= 0.3 is 5.97 Å². The summed E-state index contributed by atoms with van der Waals surface area (Å²) in [5.74, 6) is -0.885. The molecule has 7 nitrogen and oxygen atoms in total. The average molecular weight is 419 g/mol. The Morgan fingerprint density at radius 3 is 2.38 bits per heavy atom. The van der Waals surface area contributed by atoms with Gasteiger partial charge in [-0.05, 0) is 43.2 Å². The van der Waals surface area contributed by atoms with Crippen LogP contribution in [0.2, 0.25) is 0 Å². The molecular formula is C21H26N2O5S. The lowest BCUT2D eigenvalue weighted by atomic mass is 10.2. The number of hydrogen-bond acceptors (Lipinski definition) is 5. The number of amides is 1. The van der Waals surface area contributed by atoms with E-state index >= 15 is 0 Å². The number of nitrogens with one attached hydrogen (secondary N) is 1. The lowest BCUT2D eigenvalue weighted by molar-refractivity contribution is -0.124. The van der Waals surface area contributed by atoms with Crippen molar-refractivity contribution < 1.29 is 22.7 Å². The van der Waals surface area contributed by atoms with Crippen LogP contribution in [0, 0.1) is 5.92 Å². The number of carbonyl (C=O) groups excluding carboxylic acids is 2. The molecule has 0 atom stereocenters. The van der Waals surface area contributed by atoms with E-state index in [0.717, 1.165) is 0 Å². The minimum absolute atomic E-state index is 0.0260. The molecule has 156 valence electrons. The van der Waals surface area contributed by atoms with Crippen LogP contribution in [0.3, 0.4) is 0 Å². The number of rotatable bonds is 9. The zero-order valence-corrected chi connectivity index (χ0v) is 17.6. The van der Waals surface area contributed by atoms with Gasteiger partial charge in [-0.1, -0.05) is 38.1 Å². The van der Waals surface area contributed by atoms with E-state index in [1.807, 2.05) is 13.8 Å². The first kappa shape index (κ1) is 22.4. The van der Waals surface area contributed by atoms with Crippen molar-refractivity contribution in [2.24, 2.45) is 5.92 Å². The molecule has 8 heteroatoms. The molecule has 0 unspecified atom stereocenters. The molecule has 29 heavy (non-hydrogen) atoms. The fourth-order valence-electron chi connectivity index (χ4n) is 2.58. The first-order valence-corrected chi connectivity index (χ1v) is 10.8. The monoisotopic (exact) mass is 418 g/mol. The second kappa shape index (κ2) is 10.1. The molecule has 0 radical (unpaired) electrons. The van der Waals surface area contributed by atoms with Gasteiger partial charge in [-0.3, -0.25) is 9.10 Å². The maximum absolute atomic E-state index is 13.1. The van der Waals surface area contributed by atoms with Crippen molar-refractivity contribution in [3.63, 3.8) is 0 Å². The molecule has 0 aliphatic heterocycles. The summed E-state index contributed by atoms with van der Waals surface area (Å²) in [6.07, 6.45) is 0. The average Bonchev–Trinajstić information content (AvgIpc) is 2.71. The maximum atomic E-state index is 13.1. The number of benzene rings is 2. The molecule has 0 saturated carbocycles. The summed E-state index contributed by atoms with van der Waals surface area (Å²) in [4.78, 5) is 23.9. The van der Waals surface area contributed by atoms with E-state index in [9.17, 15) is 18.0 Å². The summed E-state index contributed by atoms with van der Waals surface area (Å²) in [6.45, 7) is 5.93. The van der Waals surface area contributed by atoms with Gasteiger partial charge in [0.25, 0.3) is 15.9 Å². The van der Waals surface area contributed by atoms with Crippen LogP contribution in [0.5, 0.6) is 0 Å². The summed E-state index contributed by atoms with van der Waals surface area (Å²) in [7, 11) is -3.86. The Bertz CT molecular complexity index is 943. The van der Waals surface area contributed by atoms with E-state index in [-0.39, 0.29) is 22.9 Å². The van der Waals surface area contributed by atoms with Crippen molar-refractivity contribution in [3.05, 3.63) is 60.2 Å². The standard InChI is InChI=1S/C21H26N2O5S/c1-4-23(18-10-6-5-7-11-18)29(26,27)19-12-8-9-17(13-19)21(25)28-15-20(24)22-14-16(2)3/h5-13,16H,4,14-15H2,1-3H3,(H,22,24). The van der Waals surface area contributed by atoms with Crippen molar-refractivity contribution in [1.29, 1.82) is 0 Å². The number of anilines is 1. The summed E-state index contributed by atoms with van der Waals surface area (Å²) in [5, 5.41) is 2.65. The van der Waals surface area contributed by atoms with Crippen LogP contribution in [0.25, 0.3) is 0 Å². The number of nitrogens with zero attached hydrogens (tertiary/aromatic N) is 1. The molecule has 0 heterocycles. The van der Waals surface area contributed by atoms with Gasteiger partial charge in [0, 0.05) is 13.1 Å². The smallest absolute Gasteiger partial charge is 0.338 e. The fourth-order valence-corrected chi connectivity index (χ4v) is 4.10. The second-order valence-electron chi connectivity index (χ2n) is 6.81. The lowest BCUT2D eigenvalue weighted by Crippen LogP contribution is -2.32. The van der Waals surface area contributed by atoms with Crippen molar-refractivity contribution in [3.8, 4) is 0 Å². The van der Waals surface area contributed by atoms with Gasteiger partial charge in [-0.25, -0.2) is 13.2 Å². The molecule has 0 aliphatic carbocycles. The molecule has 0 bridgehead atoms. The molecule has 0 saturated heterocycles. The summed E-state index contributed by atoms with van der Waals surface area (Å²) < 4.78 is 32.4. The minimum atomic E-state index is -3.86. The minimum Gasteiger partial charge on any atom is -0.452 e. The van der Waals surface area contributed by atoms with Crippen LogP contribution in [-0.4, -0.2) is 40.0 Å². The Balaban J connectivity index is 2.15. The largest absolute Gasteiger partial charge is 0.452 e. The van der Waals surface area contributed by atoms with Crippen LogP contribution in [-0.2, 0) is 19.6 Å². The third kappa shape index (κ3) is 6.05. The molecule has 0 fully saturated rings. The van der Waals surface area contributed by atoms with Crippen LogP contribution in [0.15, 0.2) is 59.5 Å². The van der Waals surface area contributed by atoms with Crippen LogP contribution >= 0.6 is 0 Å². The van der Waals surface area contributed by atoms with Crippen LogP contribution in [0.1, 0.15) is 31.1 Å². The summed E-state index contributed by atoms with van der Waals surface area (Å²) >= 11 is 0. The summed E-state index contributed by atoms with van der Waals surface area (Å²) in [6, 6.07) is 14.3. The number of hydrogen-bond donors (Lipinski definition) is 1. The Morgan fingerprint density at radius 1 is 1.07 bits per heavy atom. The molecule has 0 spiro atoms. The Labute approximate surface area is 171 Å². The van der Waals surface area contributed by atoms with Gasteiger partial charge in [-0.2, -0.15) is 0 Å². The van der Waals surface area contributed by atoms with E-state index in [1.54, 1.807) is 37.3 Å². The predicted octanol–water partition coefficient (Wildman–Crippen LogP) is 2.83. The van der Waals surface area contributed by atoms with Gasteiger partial charge in [-0.15, -0.1) is 0 Å². The van der Waals surface area contributed by atoms with Crippen molar-refractivity contribution in [2.45, 2.75) is 25.7 Å². The van der Waals surface area contributed by atoms with Gasteiger partial charge in [0.05, 0.1) is 16.1 Å². The molecule has 2 aromatic rings. The zero-order chi connectivity index (χ0) is 21.4. The van der Waals surface area contributed by atoms with Crippen LogP contribution < -0.4 is 9.62 Å². The van der Waals surface area contributed by atoms with Gasteiger partial charge in [0.15, 0.2) is 6.61 Å². The molecule has 0 aliphatic rings. The molecule has 0 aromatic heterocycles. The fraction of sp³-hybridized carbons (Fsp3) is 0.333. The molecular weight excluding hydrogens is 392 g/mol.